The maximum absolute atomic E-state index is 11.9. The molecule has 110 valence electrons. The first-order valence-corrected chi connectivity index (χ1v) is 7.63. The van der Waals surface area contributed by atoms with E-state index in [9.17, 15) is 9.59 Å². The van der Waals surface area contributed by atoms with Gasteiger partial charge in [0, 0.05) is 17.3 Å². The number of nitrogens with two attached hydrogens (primary N) is 1. The van der Waals surface area contributed by atoms with E-state index >= 15 is 0 Å². The first-order valence-electron chi connectivity index (χ1n) is 6.75. The van der Waals surface area contributed by atoms with Crippen molar-refractivity contribution >= 4 is 23.2 Å². The maximum Gasteiger partial charge on any atom is 0.357 e. The number of nitrogens with one attached hydrogen (secondary N) is 1. The highest BCUT2D eigenvalue weighted by atomic mass is 32.1. The molecule has 2 atom stereocenters. The fourth-order valence-corrected chi connectivity index (χ4v) is 2.96. The molecule has 3 N–H and O–H groups in total. The number of thiazole rings is 1. The van der Waals surface area contributed by atoms with Crippen molar-refractivity contribution in [2.24, 2.45) is 11.7 Å². The number of hydrogen-bond acceptors (Lipinski definition) is 6. The molecule has 1 aliphatic carbocycles. The van der Waals surface area contributed by atoms with E-state index in [4.69, 9.17) is 10.5 Å². The number of carbonyl (C=O) groups excluding carboxylic acids is 2. The summed E-state index contributed by atoms with van der Waals surface area (Å²) in [5.41, 5.74) is 6.09. The molecule has 1 aromatic rings. The molecule has 1 aromatic heterocycles. The van der Waals surface area contributed by atoms with E-state index in [1.807, 2.05) is 0 Å². The highest BCUT2D eigenvalue weighted by Crippen LogP contribution is 2.24. The molecule has 1 heterocycles. The van der Waals surface area contributed by atoms with Crippen LogP contribution in [0, 0.1) is 5.92 Å². The summed E-state index contributed by atoms with van der Waals surface area (Å²) < 4.78 is 4.86. The largest absolute Gasteiger partial charge is 0.461 e. The van der Waals surface area contributed by atoms with Gasteiger partial charge in [0.05, 0.1) is 13.2 Å². The lowest BCUT2D eigenvalue weighted by atomic mass is 10.1. The predicted molar refractivity (Wildman–Crippen MR) is 75.2 cm³/mol. The highest BCUT2D eigenvalue weighted by Gasteiger charge is 2.27. The third-order valence-electron chi connectivity index (χ3n) is 3.29. The van der Waals surface area contributed by atoms with Crippen molar-refractivity contribution in [3.05, 3.63) is 16.1 Å². The van der Waals surface area contributed by atoms with Gasteiger partial charge in [0.15, 0.2) is 5.69 Å². The summed E-state index contributed by atoms with van der Waals surface area (Å²) in [5.74, 6) is -0.400. The summed E-state index contributed by atoms with van der Waals surface area (Å²) in [6.45, 7) is 2.41. The van der Waals surface area contributed by atoms with Crippen LogP contribution in [0.15, 0.2) is 5.38 Å². The second-order valence-corrected chi connectivity index (χ2v) is 5.78. The lowest BCUT2D eigenvalue weighted by Gasteiger charge is -2.09. The van der Waals surface area contributed by atoms with Crippen LogP contribution in [0.4, 0.5) is 0 Å². The topological polar surface area (TPSA) is 94.3 Å². The Kier molecular flexibility index (Phi) is 5.08. The first kappa shape index (κ1) is 14.9. The fourth-order valence-electron chi connectivity index (χ4n) is 2.25. The molecule has 0 radical (unpaired) electrons. The molecule has 6 nitrogen and oxygen atoms in total. The van der Waals surface area contributed by atoms with Crippen LogP contribution in [-0.4, -0.2) is 29.5 Å². The number of esters is 1. The Morgan fingerprint density at radius 3 is 3.00 bits per heavy atom. The Morgan fingerprint density at radius 2 is 2.35 bits per heavy atom. The molecule has 7 heteroatoms. The number of aromatic nitrogens is 1. The second-order valence-electron chi connectivity index (χ2n) is 4.83. The van der Waals surface area contributed by atoms with Crippen molar-refractivity contribution in [3.8, 4) is 0 Å². The van der Waals surface area contributed by atoms with Crippen molar-refractivity contribution in [3.63, 3.8) is 0 Å². The van der Waals surface area contributed by atoms with Crippen molar-refractivity contribution < 1.29 is 14.3 Å². The number of carbonyl (C=O) groups is 2. The average Bonchev–Trinajstić information content (AvgIpc) is 3.05. The molecule has 20 heavy (non-hydrogen) atoms. The average molecular weight is 297 g/mol. The van der Waals surface area contributed by atoms with Gasteiger partial charge in [0.2, 0.25) is 5.91 Å². The fraction of sp³-hybridized carbons (Fsp3) is 0.615. The van der Waals surface area contributed by atoms with E-state index in [1.54, 1.807) is 12.3 Å². The maximum atomic E-state index is 11.9. The molecule has 0 saturated heterocycles. The second kappa shape index (κ2) is 6.81. The predicted octanol–water partition coefficient (Wildman–Crippen LogP) is 1.06. The van der Waals surface area contributed by atoms with Crippen LogP contribution < -0.4 is 11.1 Å². The van der Waals surface area contributed by atoms with E-state index in [0.29, 0.717) is 23.9 Å². The van der Waals surface area contributed by atoms with Crippen molar-refractivity contribution in [1.82, 2.24) is 10.3 Å². The number of rotatable bonds is 5. The number of hydrogen-bond donors (Lipinski definition) is 2. The lowest BCUT2D eigenvalue weighted by molar-refractivity contribution is -0.125. The monoisotopic (exact) mass is 297 g/mol. The minimum Gasteiger partial charge on any atom is -0.461 e. The summed E-state index contributed by atoms with van der Waals surface area (Å²) in [6.07, 6.45) is 2.50. The lowest BCUT2D eigenvalue weighted by Crippen LogP contribution is -2.30. The molecule has 0 spiro atoms. The standard InChI is InChI=1S/C13H19N3O3S/c1-2-19-13(18)10-7-20-11(16-10)6-15-12(17)8-3-4-9(14)5-8/h7-9H,2-6,14H2,1H3,(H,15,17). The van der Waals surface area contributed by atoms with Gasteiger partial charge in [-0.2, -0.15) is 0 Å². The van der Waals surface area contributed by atoms with Crippen LogP contribution in [0.5, 0.6) is 0 Å². The molecule has 1 fully saturated rings. The van der Waals surface area contributed by atoms with Gasteiger partial charge in [-0.25, -0.2) is 9.78 Å². The molecule has 1 saturated carbocycles. The van der Waals surface area contributed by atoms with Crippen molar-refractivity contribution in [2.75, 3.05) is 6.61 Å². The van der Waals surface area contributed by atoms with Gasteiger partial charge < -0.3 is 15.8 Å². The van der Waals surface area contributed by atoms with Gasteiger partial charge in [0.1, 0.15) is 5.01 Å². The SMILES string of the molecule is CCOC(=O)c1csc(CNC(=O)C2CCC(N)C2)n1. The Bertz CT molecular complexity index is 489. The van der Waals surface area contributed by atoms with Crippen LogP contribution >= 0.6 is 11.3 Å². The van der Waals surface area contributed by atoms with E-state index < -0.39 is 5.97 Å². The smallest absolute Gasteiger partial charge is 0.357 e. The molecule has 0 aromatic carbocycles. The Hall–Kier alpha value is -1.47. The van der Waals surface area contributed by atoms with Crippen LogP contribution in [0.3, 0.4) is 0 Å². The quantitative estimate of drug-likeness (QED) is 0.793. The van der Waals surface area contributed by atoms with Gasteiger partial charge in [0.25, 0.3) is 0 Å². The summed E-state index contributed by atoms with van der Waals surface area (Å²) >= 11 is 1.34. The normalized spacial score (nSPS) is 21.7. The van der Waals surface area contributed by atoms with Crippen molar-refractivity contribution in [2.45, 2.75) is 38.8 Å². The van der Waals surface area contributed by atoms with Gasteiger partial charge in [-0.3, -0.25) is 4.79 Å². The highest BCUT2D eigenvalue weighted by molar-refractivity contribution is 7.09. The molecule has 2 rings (SSSR count). The third-order valence-corrected chi connectivity index (χ3v) is 4.14. The number of nitrogens with zero attached hydrogens (tertiary/aromatic N) is 1. The molecule has 2 unspecified atom stereocenters. The van der Waals surface area contributed by atoms with Gasteiger partial charge in [-0.15, -0.1) is 11.3 Å². The zero-order chi connectivity index (χ0) is 14.5. The minimum atomic E-state index is -0.428. The van der Waals surface area contributed by atoms with E-state index in [1.165, 1.54) is 11.3 Å². The third kappa shape index (κ3) is 3.77. The van der Waals surface area contributed by atoms with Crippen LogP contribution in [0.1, 0.15) is 41.7 Å². The zero-order valence-corrected chi connectivity index (χ0v) is 12.2. The summed E-state index contributed by atoms with van der Waals surface area (Å²) in [4.78, 5) is 27.5. The summed E-state index contributed by atoms with van der Waals surface area (Å²) in [6, 6.07) is 0.140. The molecule has 1 amide bonds. The summed E-state index contributed by atoms with van der Waals surface area (Å²) in [7, 11) is 0. The van der Waals surface area contributed by atoms with Crippen LogP contribution in [0.25, 0.3) is 0 Å². The number of ether oxygens (including phenoxy) is 1. The first-order chi connectivity index (χ1) is 9.60. The minimum absolute atomic E-state index is 0.00879. The van der Waals surface area contributed by atoms with Gasteiger partial charge >= 0.3 is 5.97 Å². The zero-order valence-electron chi connectivity index (χ0n) is 11.4. The molecule has 0 aliphatic heterocycles. The summed E-state index contributed by atoms with van der Waals surface area (Å²) in [5, 5.41) is 5.19. The molecule has 0 bridgehead atoms. The number of amides is 1. The van der Waals surface area contributed by atoms with Gasteiger partial charge in [-0.05, 0) is 26.2 Å². The molecular weight excluding hydrogens is 278 g/mol. The van der Waals surface area contributed by atoms with E-state index in [0.717, 1.165) is 19.3 Å². The Labute approximate surface area is 121 Å². The molecule has 1 aliphatic rings. The van der Waals surface area contributed by atoms with Gasteiger partial charge in [-0.1, -0.05) is 0 Å². The molecular formula is C13H19N3O3S. The van der Waals surface area contributed by atoms with Crippen LogP contribution in [-0.2, 0) is 16.1 Å². The van der Waals surface area contributed by atoms with Crippen LogP contribution in [0.2, 0.25) is 0 Å². The van der Waals surface area contributed by atoms with E-state index in [2.05, 4.69) is 10.3 Å². The Balaban J connectivity index is 1.82. The Morgan fingerprint density at radius 1 is 1.55 bits per heavy atom. The van der Waals surface area contributed by atoms with E-state index in [-0.39, 0.29) is 17.9 Å². The van der Waals surface area contributed by atoms with Crippen molar-refractivity contribution in [1.29, 1.82) is 0 Å².